The summed E-state index contributed by atoms with van der Waals surface area (Å²) in [7, 11) is 3.00. The van der Waals surface area contributed by atoms with Crippen molar-refractivity contribution in [3.8, 4) is 23.0 Å². The number of amides is 1. The number of thiophene rings is 1. The second kappa shape index (κ2) is 7.30. The summed E-state index contributed by atoms with van der Waals surface area (Å²) in [5.41, 5.74) is 0.852. The molecule has 2 heterocycles. The van der Waals surface area contributed by atoms with Gasteiger partial charge in [-0.1, -0.05) is 28.3 Å². The summed E-state index contributed by atoms with van der Waals surface area (Å²) >= 11 is 13.1. The van der Waals surface area contributed by atoms with Gasteiger partial charge in [0.1, 0.15) is 4.34 Å². The number of hydrogen-bond donors (Lipinski definition) is 1. The maximum atomic E-state index is 12.3. The molecule has 0 atom stereocenters. The molecule has 7 nitrogen and oxygen atoms in total. The van der Waals surface area contributed by atoms with Crippen LogP contribution in [0.1, 0.15) is 10.4 Å². The van der Waals surface area contributed by atoms with Crippen LogP contribution >= 0.6 is 34.5 Å². The summed E-state index contributed by atoms with van der Waals surface area (Å²) in [6.07, 6.45) is 0. The molecule has 1 amide bonds. The van der Waals surface area contributed by atoms with E-state index in [1.165, 1.54) is 25.6 Å². The smallest absolute Gasteiger partial charge is 0.322 e. The number of benzene rings is 1. The second-order valence-electron chi connectivity index (χ2n) is 4.67. The van der Waals surface area contributed by atoms with Crippen LogP contribution in [-0.2, 0) is 0 Å². The Balaban J connectivity index is 1.79. The highest BCUT2D eigenvalue weighted by Gasteiger charge is 2.17. The standard InChI is InChI=1S/C15H11Cl2N3O4S/c1-22-9-4-3-7(5-10(9)23-2)13(21)18-15-20-19-14(24-15)8-6-11(16)25-12(8)17/h3-6H,1-2H3,(H,18,20,21). The third-order valence-electron chi connectivity index (χ3n) is 3.18. The number of aromatic nitrogens is 2. The number of anilines is 1. The summed E-state index contributed by atoms with van der Waals surface area (Å²) in [6.45, 7) is 0. The Hall–Kier alpha value is -2.29. The van der Waals surface area contributed by atoms with Gasteiger partial charge in [-0.2, -0.15) is 0 Å². The number of nitrogens with one attached hydrogen (secondary N) is 1. The fourth-order valence-electron chi connectivity index (χ4n) is 2.02. The van der Waals surface area contributed by atoms with E-state index in [2.05, 4.69) is 15.5 Å². The van der Waals surface area contributed by atoms with Crippen molar-refractivity contribution in [3.05, 3.63) is 38.5 Å². The lowest BCUT2D eigenvalue weighted by Gasteiger charge is -2.08. The predicted octanol–water partition coefficient (Wildman–Crippen LogP) is 4.37. The first-order chi connectivity index (χ1) is 12.0. The summed E-state index contributed by atoms with van der Waals surface area (Å²) in [5.74, 6) is 0.672. The van der Waals surface area contributed by atoms with E-state index < -0.39 is 5.91 Å². The van der Waals surface area contributed by atoms with Crippen molar-refractivity contribution in [3.63, 3.8) is 0 Å². The fraction of sp³-hybridized carbons (Fsp3) is 0.133. The predicted molar refractivity (Wildman–Crippen MR) is 95.1 cm³/mol. The minimum absolute atomic E-state index is 0.0619. The fourth-order valence-corrected chi connectivity index (χ4v) is 3.46. The maximum Gasteiger partial charge on any atom is 0.322 e. The highest BCUT2D eigenvalue weighted by atomic mass is 35.5. The van der Waals surface area contributed by atoms with E-state index in [0.29, 0.717) is 31.3 Å². The Morgan fingerprint density at radius 1 is 1.16 bits per heavy atom. The van der Waals surface area contributed by atoms with E-state index in [9.17, 15) is 4.79 Å². The van der Waals surface area contributed by atoms with Crippen molar-refractivity contribution in [2.75, 3.05) is 19.5 Å². The van der Waals surface area contributed by atoms with Gasteiger partial charge in [-0.15, -0.1) is 16.4 Å². The van der Waals surface area contributed by atoms with Gasteiger partial charge in [0.25, 0.3) is 11.8 Å². The third kappa shape index (κ3) is 3.71. The molecule has 0 bridgehead atoms. The molecule has 3 aromatic rings. The number of rotatable bonds is 5. The van der Waals surface area contributed by atoms with Crippen LogP contribution < -0.4 is 14.8 Å². The largest absolute Gasteiger partial charge is 0.493 e. The van der Waals surface area contributed by atoms with Crippen LogP contribution in [0.25, 0.3) is 11.5 Å². The molecule has 0 aliphatic carbocycles. The number of methoxy groups -OCH3 is 2. The van der Waals surface area contributed by atoms with Crippen LogP contribution in [0.5, 0.6) is 11.5 Å². The molecule has 0 spiro atoms. The van der Waals surface area contributed by atoms with Gasteiger partial charge in [-0.05, 0) is 24.3 Å². The van der Waals surface area contributed by atoms with E-state index in [1.54, 1.807) is 24.3 Å². The van der Waals surface area contributed by atoms with Gasteiger partial charge in [-0.25, -0.2) is 0 Å². The number of hydrogen-bond acceptors (Lipinski definition) is 7. The van der Waals surface area contributed by atoms with E-state index in [-0.39, 0.29) is 11.9 Å². The van der Waals surface area contributed by atoms with Crippen molar-refractivity contribution in [1.29, 1.82) is 0 Å². The molecule has 0 radical (unpaired) electrons. The minimum Gasteiger partial charge on any atom is -0.493 e. The zero-order chi connectivity index (χ0) is 18.0. The Kier molecular flexibility index (Phi) is 5.12. The van der Waals surface area contributed by atoms with E-state index in [0.717, 1.165) is 0 Å². The zero-order valence-electron chi connectivity index (χ0n) is 13.0. The Morgan fingerprint density at radius 2 is 1.92 bits per heavy atom. The molecule has 0 aliphatic heterocycles. The third-order valence-corrected chi connectivity index (χ3v) is 4.67. The molecule has 25 heavy (non-hydrogen) atoms. The summed E-state index contributed by atoms with van der Waals surface area (Å²) in [4.78, 5) is 12.3. The average Bonchev–Trinajstić information content (AvgIpc) is 3.19. The zero-order valence-corrected chi connectivity index (χ0v) is 15.3. The van der Waals surface area contributed by atoms with Gasteiger partial charge in [0.2, 0.25) is 0 Å². The summed E-state index contributed by atoms with van der Waals surface area (Å²) in [5, 5.41) is 10.2. The van der Waals surface area contributed by atoms with Crippen molar-refractivity contribution in [2.24, 2.45) is 0 Å². The number of ether oxygens (including phenoxy) is 2. The van der Waals surface area contributed by atoms with Gasteiger partial charge >= 0.3 is 6.01 Å². The van der Waals surface area contributed by atoms with E-state index in [1.807, 2.05) is 0 Å². The van der Waals surface area contributed by atoms with Crippen LogP contribution in [0.2, 0.25) is 8.67 Å². The normalized spacial score (nSPS) is 10.6. The quantitative estimate of drug-likeness (QED) is 0.684. The number of carbonyl (C=O) groups excluding carboxylic acids is 1. The lowest BCUT2D eigenvalue weighted by molar-refractivity contribution is 0.102. The highest BCUT2D eigenvalue weighted by molar-refractivity contribution is 7.20. The average molecular weight is 400 g/mol. The lowest BCUT2D eigenvalue weighted by Crippen LogP contribution is -2.12. The van der Waals surface area contributed by atoms with Crippen molar-refractivity contribution < 1.29 is 18.7 Å². The molecule has 0 fully saturated rings. The van der Waals surface area contributed by atoms with Crippen LogP contribution in [0.15, 0.2) is 28.7 Å². The van der Waals surface area contributed by atoms with Crippen LogP contribution in [0.4, 0.5) is 6.01 Å². The minimum atomic E-state index is -0.439. The Labute approximate surface area is 156 Å². The van der Waals surface area contributed by atoms with Crippen molar-refractivity contribution >= 4 is 46.5 Å². The van der Waals surface area contributed by atoms with Crippen molar-refractivity contribution in [2.45, 2.75) is 0 Å². The summed E-state index contributed by atoms with van der Waals surface area (Å²) < 4.78 is 16.6. The molecule has 1 N–H and O–H groups in total. The molecule has 130 valence electrons. The van der Waals surface area contributed by atoms with E-state index >= 15 is 0 Å². The van der Waals surface area contributed by atoms with Gasteiger partial charge in [-0.3, -0.25) is 10.1 Å². The maximum absolute atomic E-state index is 12.3. The molecule has 0 saturated heterocycles. The first-order valence-electron chi connectivity index (χ1n) is 6.84. The summed E-state index contributed by atoms with van der Waals surface area (Å²) in [6, 6.07) is 6.31. The van der Waals surface area contributed by atoms with Crippen LogP contribution in [0, 0.1) is 0 Å². The highest BCUT2D eigenvalue weighted by Crippen LogP contribution is 2.37. The number of halogens is 2. The first kappa shape index (κ1) is 17.5. The molecular weight excluding hydrogens is 389 g/mol. The van der Waals surface area contributed by atoms with Crippen LogP contribution in [-0.4, -0.2) is 30.3 Å². The Bertz CT molecular complexity index is 925. The molecule has 0 aliphatic rings. The molecule has 3 rings (SSSR count). The van der Waals surface area contributed by atoms with Gasteiger partial charge in [0.15, 0.2) is 11.5 Å². The first-order valence-corrected chi connectivity index (χ1v) is 8.41. The topological polar surface area (TPSA) is 86.5 Å². The molecule has 2 aromatic heterocycles. The number of nitrogens with zero attached hydrogens (tertiary/aromatic N) is 2. The van der Waals surface area contributed by atoms with Gasteiger partial charge in [0.05, 0.1) is 24.1 Å². The van der Waals surface area contributed by atoms with Gasteiger partial charge in [0, 0.05) is 5.56 Å². The monoisotopic (exact) mass is 399 g/mol. The molecule has 0 saturated carbocycles. The molecule has 1 aromatic carbocycles. The second-order valence-corrected chi connectivity index (χ2v) is 6.96. The molecule has 10 heteroatoms. The number of carbonyl (C=O) groups is 1. The SMILES string of the molecule is COc1ccc(C(=O)Nc2nnc(-c3cc(Cl)sc3Cl)o2)cc1OC. The van der Waals surface area contributed by atoms with Crippen LogP contribution in [0.3, 0.4) is 0 Å². The van der Waals surface area contributed by atoms with E-state index in [4.69, 9.17) is 37.1 Å². The van der Waals surface area contributed by atoms with Crippen molar-refractivity contribution in [1.82, 2.24) is 10.2 Å². The molecular formula is C15H11Cl2N3O4S. The molecule has 0 unspecified atom stereocenters. The van der Waals surface area contributed by atoms with Gasteiger partial charge < -0.3 is 13.9 Å². The Morgan fingerprint density at radius 3 is 2.56 bits per heavy atom. The lowest BCUT2D eigenvalue weighted by atomic mass is 10.2.